The summed E-state index contributed by atoms with van der Waals surface area (Å²) in [7, 11) is 0. The average Bonchev–Trinajstić information content (AvgIpc) is 2.96. The second-order valence-corrected chi connectivity index (χ2v) is 9.82. The first-order valence-corrected chi connectivity index (χ1v) is 14.0. The standard InChI is InChI=1S/C23H30FN3.2C4H4O4/c1-2-26-13-15-27(16-14-26)23-17-21(18-9-11-19(24)12-10-18)20-7-5-3-4-6-8-22(20)25-23;2*5-3(6)1-2-4(7)8/h9-12,17H,2-8,13-16H2,1H3;2*1-2H,(H,5,6)(H,7,8). The summed E-state index contributed by atoms with van der Waals surface area (Å²) in [5.74, 6) is -4.10. The summed E-state index contributed by atoms with van der Waals surface area (Å²) in [4.78, 5) is 48.3. The molecule has 1 aromatic carbocycles. The minimum atomic E-state index is -1.26. The number of piperazine rings is 1. The van der Waals surface area contributed by atoms with E-state index >= 15 is 0 Å². The number of carbonyl (C=O) groups is 4. The molecule has 1 aliphatic heterocycles. The van der Waals surface area contributed by atoms with Gasteiger partial charge >= 0.3 is 23.9 Å². The second kappa shape index (κ2) is 18.1. The molecule has 43 heavy (non-hydrogen) atoms. The zero-order chi connectivity index (χ0) is 31.8. The van der Waals surface area contributed by atoms with Crippen molar-refractivity contribution < 1.29 is 44.0 Å². The van der Waals surface area contributed by atoms with Crippen LogP contribution in [0.25, 0.3) is 11.1 Å². The summed E-state index contributed by atoms with van der Waals surface area (Å²) >= 11 is 0. The molecule has 4 rings (SSSR count). The Labute approximate surface area is 249 Å². The van der Waals surface area contributed by atoms with E-state index in [1.54, 1.807) is 12.1 Å². The van der Waals surface area contributed by atoms with Crippen molar-refractivity contribution in [3.05, 3.63) is 71.7 Å². The van der Waals surface area contributed by atoms with Crippen LogP contribution in [0, 0.1) is 5.82 Å². The molecule has 1 aromatic heterocycles. The molecule has 1 saturated heterocycles. The molecule has 0 saturated carbocycles. The third kappa shape index (κ3) is 12.9. The van der Waals surface area contributed by atoms with Crippen LogP contribution in [-0.4, -0.2) is 86.9 Å². The van der Waals surface area contributed by atoms with Crippen LogP contribution in [-0.2, 0) is 32.0 Å². The summed E-state index contributed by atoms with van der Waals surface area (Å²) in [5.41, 5.74) is 5.03. The van der Waals surface area contributed by atoms with E-state index in [9.17, 15) is 23.6 Å². The van der Waals surface area contributed by atoms with Crippen LogP contribution in [0.5, 0.6) is 0 Å². The molecule has 11 nitrogen and oxygen atoms in total. The maximum atomic E-state index is 13.5. The third-order valence-electron chi connectivity index (χ3n) is 6.82. The molecule has 232 valence electrons. The quantitative estimate of drug-likeness (QED) is 0.338. The molecule has 2 heterocycles. The first-order chi connectivity index (χ1) is 20.5. The van der Waals surface area contributed by atoms with Gasteiger partial charge < -0.3 is 30.2 Å². The predicted molar refractivity (Wildman–Crippen MR) is 159 cm³/mol. The Morgan fingerprint density at radius 1 is 0.767 bits per heavy atom. The number of aryl methyl sites for hydroxylation is 1. The molecular formula is C31H38FN3O8. The normalized spacial score (nSPS) is 15.3. The van der Waals surface area contributed by atoms with Gasteiger partial charge in [-0.05, 0) is 67.1 Å². The number of anilines is 1. The monoisotopic (exact) mass is 599 g/mol. The molecule has 1 fully saturated rings. The van der Waals surface area contributed by atoms with Crippen molar-refractivity contribution >= 4 is 29.7 Å². The fourth-order valence-corrected chi connectivity index (χ4v) is 4.67. The van der Waals surface area contributed by atoms with Gasteiger partial charge in [0.2, 0.25) is 0 Å². The zero-order valence-electron chi connectivity index (χ0n) is 24.1. The summed E-state index contributed by atoms with van der Waals surface area (Å²) in [5, 5.41) is 31.2. The molecule has 0 unspecified atom stereocenters. The third-order valence-corrected chi connectivity index (χ3v) is 6.82. The number of pyridine rings is 1. The number of benzene rings is 1. The number of aliphatic carboxylic acids is 4. The van der Waals surface area contributed by atoms with Gasteiger partial charge in [-0.1, -0.05) is 31.9 Å². The van der Waals surface area contributed by atoms with Crippen LogP contribution in [0.3, 0.4) is 0 Å². The number of rotatable bonds is 7. The van der Waals surface area contributed by atoms with E-state index in [-0.39, 0.29) is 5.82 Å². The largest absolute Gasteiger partial charge is 0.478 e. The Morgan fingerprint density at radius 2 is 1.26 bits per heavy atom. The molecule has 0 spiro atoms. The summed E-state index contributed by atoms with van der Waals surface area (Å²) < 4.78 is 13.5. The Bertz CT molecular complexity index is 1240. The van der Waals surface area contributed by atoms with Gasteiger partial charge in [0.1, 0.15) is 11.6 Å². The molecule has 1 aliphatic carbocycles. The van der Waals surface area contributed by atoms with Gasteiger partial charge in [-0.2, -0.15) is 0 Å². The van der Waals surface area contributed by atoms with Crippen LogP contribution in [0.4, 0.5) is 10.2 Å². The Morgan fingerprint density at radius 3 is 1.72 bits per heavy atom. The number of halogens is 1. The topological polar surface area (TPSA) is 169 Å². The average molecular weight is 600 g/mol. The van der Waals surface area contributed by atoms with Crippen molar-refractivity contribution in [2.24, 2.45) is 0 Å². The lowest BCUT2D eigenvalue weighted by atomic mass is 9.90. The summed E-state index contributed by atoms with van der Waals surface area (Å²) in [6, 6.07) is 9.25. The van der Waals surface area contributed by atoms with Crippen molar-refractivity contribution in [2.45, 2.75) is 45.4 Å². The van der Waals surface area contributed by atoms with E-state index < -0.39 is 23.9 Å². The molecule has 0 amide bonds. The number of hydrogen-bond acceptors (Lipinski definition) is 7. The predicted octanol–water partition coefficient (Wildman–Crippen LogP) is 4.11. The lowest BCUT2D eigenvalue weighted by Gasteiger charge is -2.35. The molecular weight excluding hydrogens is 561 g/mol. The Kier molecular flexibility index (Phi) is 14.5. The lowest BCUT2D eigenvalue weighted by molar-refractivity contribution is -0.134. The van der Waals surface area contributed by atoms with Crippen LogP contribution in [0.1, 0.15) is 43.9 Å². The van der Waals surface area contributed by atoms with Crippen molar-refractivity contribution in [1.29, 1.82) is 0 Å². The van der Waals surface area contributed by atoms with Crippen LogP contribution in [0.15, 0.2) is 54.6 Å². The van der Waals surface area contributed by atoms with Crippen LogP contribution in [0.2, 0.25) is 0 Å². The number of nitrogens with zero attached hydrogens (tertiary/aromatic N) is 3. The number of hydrogen-bond donors (Lipinski definition) is 4. The van der Waals surface area contributed by atoms with Gasteiger partial charge in [0.25, 0.3) is 0 Å². The molecule has 0 bridgehead atoms. The van der Waals surface area contributed by atoms with Gasteiger partial charge in [-0.3, -0.25) is 0 Å². The number of carboxylic acids is 4. The van der Waals surface area contributed by atoms with Gasteiger partial charge in [0.15, 0.2) is 0 Å². The van der Waals surface area contributed by atoms with Crippen molar-refractivity contribution in [3.63, 3.8) is 0 Å². The van der Waals surface area contributed by atoms with Gasteiger partial charge in [0, 0.05) is 56.2 Å². The fourth-order valence-electron chi connectivity index (χ4n) is 4.67. The second-order valence-electron chi connectivity index (χ2n) is 9.82. The van der Waals surface area contributed by atoms with Crippen molar-refractivity contribution in [3.8, 4) is 11.1 Å². The Balaban J connectivity index is 0.000000334. The summed E-state index contributed by atoms with van der Waals surface area (Å²) in [6.07, 6.45) is 9.41. The highest BCUT2D eigenvalue weighted by Gasteiger charge is 2.21. The van der Waals surface area contributed by atoms with Crippen LogP contribution < -0.4 is 4.90 Å². The molecule has 2 aromatic rings. The smallest absolute Gasteiger partial charge is 0.328 e. The fraction of sp³-hybridized carbons (Fsp3) is 0.387. The lowest BCUT2D eigenvalue weighted by Crippen LogP contribution is -2.46. The van der Waals surface area contributed by atoms with Crippen LogP contribution >= 0.6 is 0 Å². The minimum Gasteiger partial charge on any atom is -0.478 e. The maximum absolute atomic E-state index is 13.5. The maximum Gasteiger partial charge on any atom is 0.328 e. The molecule has 4 N–H and O–H groups in total. The highest BCUT2D eigenvalue weighted by Crippen LogP contribution is 2.33. The van der Waals surface area contributed by atoms with E-state index in [1.807, 2.05) is 12.1 Å². The van der Waals surface area contributed by atoms with E-state index in [4.69, 9.17) is 25.4 Å². The minimum absolute atomic E-state index is 0.174. The molecule has 2 aliphatic rings. The summed E-state index contributed by atoms with van der Waals surface area (Å²) in [6.45, 7) is 7.60. The highest BCUT2D eigenvalue weighted by molar-refractivity contribution is 5.90. The molecule has 12 heteroatoms. The highest BCUT2D eigenvalue weighted by atomic mass is 19.1. The van der Waals surface area contributed by atoms with E-state index in [1.165, 1.54) is 42.5 Å². The first-order valence-electron chi connectivity index (χ1n) is 14.0. The van der Waals surface area contributed by atoms with Crippen molar-refractivity contribution in [2.75, 3.05) is 37.6 Å². The van der Waals surface area contributed by atoms with Gasteiger partial charge in [-0.25, -0.2) is 28.6 Å². The number of fused-ring (bicyclic) bond motifs is 1. The zero-order valence-corrected chi connectivity index (χ0v) is 24.1. The van der Waals surface area contributed by atoms with Gasteiger partial charge in [0.05, 0.1) is 0 Å². The van der Waals surface area contributed by atoms with Crippen molar-refractivity contribution in [1.82, 2.24) is 9.88 Å². The van der Waals surface area contributed by atoms with E-state index in [0.717, 1.165) is 56.9 Å². The number of likely N-dealkylation sites (N-methyl/N-ethyl adjacent to an activating group) is 1. The number of aromatic nitrogens is 1. The molecule has 0 radical (unpaired) electrons. The first kappa shape index (κ1) is 34.6. The van der Waals surface area contributed by atoms with Gasteiger partial charge in [-0.15, -0.1) is 0 Å². The number of carboxylic acid groups (broad SMARTS) is 4. The van der Waals surface area contributed by atoms with E-state index in [2.05, 4.69) is 22.8 Å². The van der Waals surface area contributed by atoms with E-state index in [0.29, 0.717) is 24.3 Å². The molecule has 0 atom stereocenters. The Hall–Kier alpha value is -4.58. The SMILES string of the molecule is CCN1CCN(c2cc(-c3ccc(F)cc3)c3c(n2)CCCCCC3)CC1.O=C(O)C=CC(=O)O.O=C(O)C=CC(=O)O.